The van der Waals surface area contributed by atoms with Crippen molar-refractivity contribution < 1.29 is 19.4 Å². The summed E-state index contributed by atoms with van der Waals surface area (Å²) in [6, 6.07) is 0. The van der Waals surface area contributed by atoms with E-state index >= 15 is 0 Å². The number of carboxylic acids is 1. The van der Waals surface area contributed by atoms with Crippen molar-refractivity contribution in [2.45, 2.75) is 51.4 Å². The van der Waals surface area contributed by atoms with Gasteiger partial charge in [0.2, 0.25) is 0 Å². The molecule has 2 atom stereocenters. The summed E-state index contributed by atoms with van der Waals surface area (Å²) in [6.45, 7) is 8.13. The maximum Gasteiger partial charge on any atom is 0.332 e. The van der Waals surface area contributed by atoms with E-state index in [0.29, 0.717) is 19.6 Å². The maximum atomic E-state index is 10.7. The Morgan fingerprint density at radius 3 is 2.76 bits per heavy atom. The standard InChI is InChI=1S/C12H23NO4/c1-4-16-12(2,3)8-13-7-9-5-6-10(17-9)11(14)15/h9-10,13H,4-8H2,1-3H3,(H,14,15). The minimum absolute atomic E-state index is 0.00789. The Bertz CT molecular complexity index is 255. The average Bonchev–Trinajstić information content (AvgIpc) is 2.66. The Morgan fingerprint density at radius 2 is 2.24 bits per heavy atom. The second-order valence-electron chi connectivity index (χ2n) is 4.99. The van der Waals surface area contributed by atoms with Crippen LogP contribution in [0.3, 0.4) is 0 Å². The second kappa shape index (κ2) is 6.33. The summed E-state index contributed by atoms with van der Waals surface area (Å²) in [4.78, 5) is 10.7. The van der Waals surface area contributed by atoms with Crippen molar-refractivity contribution in [3.05, 3.63) is 0 Å². The fourth-order valence-electron chi connectivity index (χ4n) is 2.01. The summed E-state index contributed by atoms with van der Waals surface area (Å²) in [7, 11) is 0. The molecular formula is C12H23NO4. The largest absolute Gasteiger partial charge is 0.479 e. The van der Waals surface area contributed by atoms with Crippen molar-refractivity contribution in [3.63, 3.8) is 0 Å². The van der Waals surface area contributed by atoms with Crippen LogP contribution in [0.1, 0.15) is 33.6 Å². The van der Waals surface area contributed by atoms with Crippen molar-refractivity contribution in [1.82, 2.24) is 5.32 Å². The van der Waals surface area contributed by atoms with Crippen LogP contribution in [0.5, 0.6) is 0 Å². The number of carboxylic acid groups (broad SMARTS) is 1. The van der Waals surface area contributed by atoms with Crippen LogP contribution in [-0.2, 0) is 14.3 Å². The number of aliphatic carboxylic acids is 1. The Hall–Kier alpha value is -0.650. The molecule has 0 saturated carbocycles. The van der Waals surface area contributed by atoms with Crippen LogP contribution in [0, 0.1) is 0 Å². The fourth-order valence-corrected chi connectivity index (χ4v) is 2.01. The first kappa shape index (κ1) is 14.4. The zero-order chi connectivity index (χ0) is 12.9. The molecule has 2 unspecified atom stereocenters. The molecule has 1 saturated heterocycles. The quantitative estimate of drug-likeness (QED) is 0.701. The van der Waals surface area contributed by atoms with Gasteiger partial charge in [-0.15, -0.1) is 0 Å². The van der Waals surface area contributed by atoms with Gasteiger partial charge in [0.1, 0.15) is 0 Å². The molecule has 0 aromatic rings. The third-order valence-electron chi connectivity index (χ3n) is 2.84. The predicted octanol–water partition coefficient (Wildman–Crippen LogP) is 1.02. The van der Waals surface area contributed by atoms with Crippen LogP contribution in [-0.4, -0.2) is 48.6 Å². The molecule has 5 heteroatoms. The van der Waals surface area contributed by atoms with Crippen LogP contribution < -0.4 is 5.32 Å². The van der Waals surface area contributed by atoms with Crippen LogP contribution in [0.25, 0.3) is 0 Å². The monoisotopic (exact) mass is 245 g/mol. The molecule has 0 aromatic carbocycles. The van der Waals surface area contributed by atoms with Gasteiger partial charge >= 0.3 is 5.97 Å². The number of carbonyl (C=O) groups is 1. The van der Waals surface area contributed by atoms with E-state index in [-0.39, 0.29) is 11.7 Å². The SMILES string of the molecule is CCOC(C)(C)CNCC1CCC(C(=O)O)O1. The molecule has 0 aromatic heterocycles. The van der Waals surface area contributed by atoms with Gasteiger partial charge in [0, 0.05) is 19.7 Å². The molecular weight excluding hydrogens is 222 g/mol. The molecule has 0 spiro atoms. The van der Waals surface area contributed by atoms with E-state index < -0.39 is 12.1 Å². The van der Waals surface area contributed by atoms with Crippen LogP contribution >= 0.6 is 0 Å². The highest BCUT2D eigenvalue weighted by Crippen LogP contribution is 2.19. The first-order valence-electron chi connectivity index (χ1n) is 6.17. The highest BCUT2D eigenvalue weighted by molar-refractivity contribution is 5.72. The van der Waals surface area contributed by atoms with Gasteiger partial charge in [-0.05, 0) is 33.6 Å². The minimum atomic E-state index is -0.859. The Balaban J connectivity index is 2.18. The lowest BCUT2D eigenvalue weighted by Gasteiger charge is -2.25. The summed E-state index contributed by atoms with van der Waals surface area (Å²) in [5, 5.41) is 12.1. The van der Waals surface area contributed by atoms with Gasteiger partial charge in [-0.2, -0.15) is 0 Å². The highest BCUT2D eigenvalue weighted by atomic mass is 16.5. The van der Waals surface area contributed by atoms with E-state index in [2.05, 4.69) is 5.32 Å². The van der Waals surface area contributed by atoms with Crippen LogP contribution in [0.2, 0.25) is 0 Å². The minimum Gasteiger partial charge on any atom is -0.479 e. The van der Waals surface area contributed by atoms with Gasteiger partial charge < -0.3 is 19.9 Å². The number of rotatable bonds is 7. The molecule has 0 amide bonds. The van der Waals surface area contributed by atoms with E-state index in [1.54, 1.807) is 0 Å². The third kappa shape index (κ3) is 5.02. The van der Waals surface area contributed by atoms with Crippen LogP contribution in [0.4, 0.5) is 0 Å². The van der Waals surface area contributed by atoms with E-state index in [1.165, 1.54) is 0 Å². The predicted molar refractivity (Wildman–Crippen MR) is 64.1 cm³/mol. The molecule has 2 N–H and O–H groups in total. The molecule has 1 aliphatic rings. The normalized spacial score (nSPS) is 25.1. The lowest BCUT2D eigenvalue weighted by atomic mass is 10.1. The molecule has 1 fully saturated rings. The summed E-state index contributed by atoms with van der Waals surface area (Å²) in [5.74, 6) is -0.859. The Kier molecular flexibility index (Phi) is 5.36. The first-order valence-corrected chi connectivity index (χ1v) is 6.17. The van der Waals surface area contributed by atoms with Gasteiger partial charge in [0.25, 0.3) is 0 Å². The molecule has 1 rings (SSSR count). The average molecular weight is 245 g/mol. The molecule has 0 aliphatic carbocycles. The highest BCUT2D eigenvalue weighted by Gasteiger charge is 2.30. The summed E-state index contributed by atoms with van der Waals surface area (Å²) >= 11 is 0. The van der Waals surface area contributed by atoms with E-state index in [4.69, 9.17) is 14.6 Å². The smallest absolute Gasteiger partial charge is 0.332 e. The fraction of sp³-hybridized carbons (Fsp3) is 0.917. The molecule has 17 heavy (non-hydrogen) atoms. The van der Waals surface area contributed by atoms with E-state index in [1.807, 2.05) is 20.8 Å². The zero-order valence-corrected chi connectivity index (χ0v) is 10.9. The van der Waals surface area contributed by atoms with Gasteiger partial charge in [0.05, 0.1) is 11.7 Å². The maximum absolute atomic E-state index is 10.7. The molecule has 0 radical (unpaired) electrons. The van der Waals surface area contributed by atoms with Crippen molar-refractivity contribution >= 4 is 5.97 Å². The lowest BCUT2D eigenvalue weighted by Crippen LogP contribution is -2.40. The zero-order valence-electron chi connectivity index (χ0n) is 10.9. The van der Waals surface area contributed by atoms with Crippen LogP contribution in [0.15, 0.2) is 0 Å². The topological polar surface area (TPSA) is 67.8 Å². The van der Waals surface area contributed by atoms with Gasteiger partial charge in [-0.3, -0.25) is 0 Å². The third-order valence-corrected chi connectivity index (χ3v) is 2.84. The molecule has 1 heterocycles. The first-order chi connectivity index (χ1) is 7.94. The number of ether oxygens (including phenoxy) is 2. The van der Waals surface area contributed by atoms with Crippen molar-refractivity contribution in [2.75, 3.05) is 19.7 Å². The molecule has 0 bridgehead atoms. The van der Waals surface area contributed by atoms with Gasteiger partial charge in [-0.25, -0.2) is 4.79 Å². The molecule has 1 aliphatic heterocycles. The molecule has 5 nitrogen and oxygen atoms in total. The van der Waals surface area contributed by atoms with E-state index in [0.717, 1.165) is 13.0 Å². The second-order valence-corrected chi connectivity index (χ2v) is 4.99. The number of hydrogen-bond acceptors (Lipinski definition) is 4. The summed E-state index contributed by atoms with van der Waals surface area (Å²) in [6.07, 6.45) is 0.797. The Morgan fingerprint density at radius 1 is 1.53 bits per heavy atom. The molecule has 100 valence electrons. The lowest BCUT2D eigenvalue weighted by molar-refractivity contribution is -0.149. The van der Waals surface area contributed by atoms with Gasteiger partial charge in [0.15, 0.2) is 6.10 Å². The van der Waals surface area contributed by atoms with Crippen molar-refractivity contribution in [2.24, 2.45) is 0 Å². The Labute approximate surface area is 102 Å². The van der Waals surface area contributed by atoms with Crippen molar-refractivity contribution in [1.29, 1.82) is 0 Å². The van der Waals surface area contributed by atoms with Crippen molar-refractivity contribution in [3.8, 4) is 0 Å². The number of hydrogen-bond donors (Lipinski definition) is 2. The summed E-state index contributed by atoms with van der Waals surface area (Å²) in [5.41, 5.74) is -0.195. The number of nitrogens with one attached hydrogen (secondary N) is 1. The van der Waals surface area contributed by atoms with E-state index in [9.17, 15) is 4.79 Å². The van der Waals surface area contributed by atoms with Gasteiger partial charge in [-0.1, -0.05) is 0 Å². The summed E-state index contributed by atoms with van der Waals surface area (Å²) < 4.78 is 11.0.